The third-order valence-electron chi connectivity index (χ3n) is 2.37. The van der Waals surface area contributed by atoms with Crippen LogP contribution in [0.4, 0.5) is 0 Å². The average Bonchev–Trinajstić information content (AvgIpc) is 2.27. The van der Waals surface area contributed by atoms with E-state index in [-0.39, 0.29) is 6.04 Å². The molecule has 0 bridgehead atoms. The van der Waals surface area contributed by atoms with Crippen LogP contribution in [0.25, 0.3) is 1.43 Å². The molecular weight excluding hydrogens is 166 g/mol. The topological polar surface area (TPSA) is 49.3 Å². The number of carbonyl (C=O) groups is 1. The standard InChI is InChI=1S/C10H11NO2/c12-10(13)9-5-7-3-1-2-4-8(7)6-11-9/h1-4,9,11H,5-6H2,(H,12,13)/t9-/m0/s1/i/hT. The van der Waals surface area contributed by atoms with E-state index >= 15 is 0 Å². The Hall–Kier alpha value is -1.35. The zero-order chi connectivity index (χ0) is 9.97. The summed E-state index contributed by atoms with van der Waals surface area (Å²) in [5.74, 6) is -0.514. The molecule has 1 aromatic carbocycles. The second kappa shape index (κ2) is 3.18. The molecule has 0 aliphatic carbocycles. The van der Waals surface area contributed by atoms with E-state index in [1.165, 1.54) is 5.56 Å². The minimum Gasteiger partial charge on any atom is -0.480 e. The predicted molar refractivity (Wildman–Crippen MR) is 48.4 cm³/mol. The first-order valence-corrected chi connectivity index (χ1v) is 4.28. The van der Waals surface area contributed by atoms with Gasteiger partial charge in [-0.05, 0) is 17.5 Å². The van der Waals surface area contributed by atoms with E-state index in [2.05, 4.69) is 10.4 Å². The number of hydrogen-bond acceptors (Lipinski definition) is 3. The van der Waals surface area contributed by atoms with E-state index in [4.69, 9.17) is 1.43 Å². The number of hydrogen-bond donors (Lipinski definition) is 2. The summed E-state index contributed by atoms with van der Waals surface area (Å²) in [6.45, 7) is 0.663. The second-order valence-corrected chi connectivity index (χ2v) is 3.23. The lowest BCUT2D eigenvalue weighted by molar-refractivity contribution is -0.139. The molecule has 0 saturated carbocycles. The summed E-state index contributed by atoms with van der Waals surface area (Å²) in [6, 6.07) is 7.59. The van der Waals surface area contributed by atoms with Crippen LogP contribution in [0.2, 0.25) is 0 Å². The lowest BCUT2D eigenvalue weighted by atomic mass is 9.96. The van der Waals surface area contributed by atoms with Crippen molar-refractivity contribution in [3.05, 3.63) is 35.4 Å². The molecule has 0 radical (unpaired) electrons. The third kappa shape index (κ3) is 1.55. The van der Waals surface area contributed by atoms with E-state index in [1.807, 2.05) is 24.3 Å². The van der Waals surface area contributed by atoms with Gasteiger partial charge in [0.1, 0.15) is 6.04 Å². The first-order chi connectivity index (χ1) is 6.81. The molecule has 0 aromatic heterocycles. The molecule has 3 nitrogen and oxygen atoms in total. The zero-order valence-corrected chi connectivity index (χ0v) is 7.12. The van der Waals surface area contributed by atoms with Gasteiger partial charge in [-0.15, -0.1) is 0 Å². The quantitative estimate of drug-likeness (QED) is 0.670. The van der Waals surface area contributed by atoms with Crippen molar-refractivity contribution in [1.29, 1.82) is 1.43 Å². The van der Waals surface area contributed by atoms with Gasteiger partial charge in [0.05, 0.1) is 0 Å². The van der Waals surface area contributed by atoms with Crippen LogP contribution in [0.15, 0.2) is 24.3 Å². The highest BCUT2D eigenvalue weighted by molar-refractivity contribution is 5.74. The summed E-state index contributed by atoms with van der Waals surface area (Å²) >= 11 is 0. The third-order valence-corrected chi connectivity index (χ3v) is 2.37. The van der Waals surface area contributed by atoms with E-state index in [1.54, 1.807) is 0 Å². The van der Waals surface area contributed by atoms with Crippen LogP contribution in [-0.4, -0.2) is 17.1 Å². The van der Waals surface area contributed by atoms with Crippen LogP contribution in [-0.2, 0) is 17.8 Å². The summed E-state index contributed by atoms with van der Waals surface area (Å²) in [4.78, 5) is 11.1. The van der Waals surface area contributed by atoms with Crippen LogP contribution < -0.4 is 5.32 Å². The molecule has 0 fully saturated rings. The van der Waals surface area contributed by atoms with Crippen molar-refractivity contribution in [2.45, 2.75) is 19.0 Å². The average molecular weight is 179 g/mol. The maximum absolute atomic E-state index is 11.1. The molecule has 0 unspecified atom stereocenters. The fourth-order valence-corrected chi connectivity index (χ4v) is 1.62. The molecule has 0 spiro atoms. The van der Waals surface area contributed by atoms with Crippen molar-refractivity contribution >= 4 is 5.97 Å². The Balaban J connectivity index is 2.17. The van der Waals surface area contributed by atoms with Gasteiger partial charge in [0, 0.05) is 6.54 Å². The molecule has 1 atom stereocenters. The van der Waals surface area contributed by atoms with Crippen molar-refractivity contribution in [3.8, 4) is 0 Å². The Labute approximate surface area is 77.9 Å². The molecule has 1 aliphatic rings. The summed E-state index contributed by atoms with van der Waals surface area (Å²) in [5.41, 5.74) is 2.36. The summed E-state index contributed by atoms with van der Waals surface area (Å²) in [5, 5.41) is 6.98. The molecule has 0 saturated heterocycles. The number of benzene rings is 1. The van der Waals surface area contributed by atoms with Gasteiger partial charge in [-0.2, -0.15) is 0 Å². The minimum atomic E-state index is -0.514. The van der Waals surface area contributed by atoms with Gasteiger partial charge in [-0.25, -0.2) is 0 Å². The molecular formula is C10H11NO2. The monoisotopic (exact) mass is 179 g/mol. The molecule has 13 heavy (non-hydrogen) atoms. The zero-order valence-electron chi connectivity index (χ0n) is 8.12. The molecule has 0 amide bonds. The van der Waals surface area contributed by atoms with E-state index in [0.29, 0.717) is 13.0 Å². The second-order valence-electron chi connectivity index (χ2n) is 3.23. The molecule has 2 N–H and O–H groups in total. The molecule has 1 heterocycles. The Morgan fingerprint density at radius 3 is 3.08 bits per heavy atom. The molecule has 1 aromatic rings. The van der Waals surface area contributed by atoms with Gasteiger partial charge in [-0.1, -0.05) is 24.3 Å². The number of carboxylic acid groups (broad SMARTS) is 1. The number of fused-ring (bicyclic) bond motifs is 1. The fourth-order valence-electron chi connectivity index (χ4n) is 1.62. The Morgan fingerprint density at radius 2 is 2.31 bits per heavy atom. The van der Waals surface area contributed by atoms with Gasteiger partial charge in [-0.3, -0.25) is 4.79 Å². The van der Waals surface area contributed by atoms with Gasteiger partial charge in [0.2, 0.25) is 0 Å². The van der Waals surface area contributed by atoms with Gasteiger partial charge >= 0.3 is 5.97 Å². The number of carboxylic acids is 1. The van der Waals surface area contributed by atoms with Crippen molar-refractivity contribution in [2.75, 3.05) is 0 Å². The normalized spacial score (nSPS) is 21.5. The summed E-state index contributed by atoms with van der Waals surface area (Å²) in [6.07, 6.45) is 0.605. The molecule has 2 rings (SSSR count). The van der Waals surface area contributed by atoms with Crippen molar-refractivity contribution < 1.29 is 9.90 Å². The Morgan fingerprint density at radius 1 is 1.54 bits per heavy atom. The summed E-state index contributed by atoms with van der Waals surface area (Å²) in [7, 11) is 0. The Kier molecular flexibility index (Phi) is 1.74. The van der Waals surface area contributed by atoms with E-state index in [0.717, 1.165) is 5.56 Å². The minimum absolute atomic E-state index is 0.373. The number of nitrogens with one attached hydrogen (secondary N) is 1. The molecule has 3 heteroatoms. The van der Waals surface area contributed by atoms with Crippen LogP contribution >= 0.6 is 0 Å². The van der Waals surface area contributed by atoms with Crippen LogP contribution in [0, 0.1) is 0 Å². The van der Waals surface area contributed by atoms with Gasteiger partial charge in [0.25, 0.3) is 1.43 Å². The summed E-state index contributed by atoms with van der Waals surface area (Å²) < 4.78 is 6.54. The molecule has 1 aliphatic heterocycles. The van der Waals surface area contributed by atoms with Gasteiger partial charge in [0.15, 0.2) is 0 Å². The lowest BCUT2D eigenvalue weighted by Crippen LogP contribution is -2.41. The first kappa shape index (κ1) is 7.09. The van der Waals surface area contributed by atoms with Crippen molar-refractivity contribution in [2.24, 2.45) is 0 Å². The number of aliphatic carboxylic acids is 1. The van der Waals surface area contributed by atoms with Crippen LogP contribution in [0.1, 0.15) is 11.1 Å². The highest BCUT2D eigenvalue weighted by Crippen LogP contribution is 2.15. The van der Waals surface area contributed by atoms with E-state index < -0.39 is 5.97 Å². The Bertz CT molecular complexity index is 354. The predicted octanol–water partition coefficient (Wildman–Crippen LogP) is 0.786. The maximum Gasteiger partial charge on any atom is 0.321 e. The maximum atomic E-state index is 11.1. The van der Waals surface area contributed by atoms with Crippen LogP contribution in [0.3, 0.4) is 0 Å². The van der Waals surface area contributed by atoms with E-state index in [9.17, 15) is 4.79 Å². The molecule has 68 valence electrons. The largest absolute Gasteiger partial charge is 0.480 e. The van der Waals surface area contributed by atoms with Crippen molar-refractivity contribution in [3.63, 3.8) is 0 Å². The first-order valence-electron chi connectivity index (χ1n) is 4.69. The smallest absolute Gasteiger partial charge is 0.321 e. The highest BCUT2D eigenvalue weighted by Gasteiger charge is 2.22. The van der Waals surface area contributed by atoms with Crippen molar-refractivity contribution in [1.82, 2.24) is 5.32 Å². The van der Waals surface area contributed by atoms with Gasteiger partial charge < -0.3 is 10.4 Å². The lowest BCUT2D eigenvalue weighted by Gasteiger charge is -2.22. The SMILES string of the molecule is [3H]OC(=O)[C@@H]1Cc2ccccc2CN1. The number of rotatable bonds is 1. The highest BCUT2D eigenvalue weighted by atomic mass is 16.4. The fraction of sp³-hybridized carbons (Fsp3) is 0.300. The van der Waals surface area contributed by atoms with Crippen LogP contribution in [0.5, 0.6) is 0 Å².